The van der Waals surface area contributed by atoms with Crippen molar-refractivity contribution in [2.45, 2.75) is 52.6 Å². The third kappa shape index (κ3) is 3.44. The number of carbonyl (C=O) groups is 1. The number of nitrogens with one attached hydrogen (secondary N) is 1. The maximum absolute atomic E-state index is 12.4. The summed E-state index contributed by atoms with van der Waals surface area (Å²) in [6.07, 6.45) is 3.45. The van der Waals surface area contributed by atoms with Crippen LogP contribution in [0.15, 0.2) is 12.3 Å². The van der Waals surface area contributed by atoms with Gasteiger partial charge in [-0.15, -0.1) is 0 Å². The summed E-state index contributed by atoms with van der Waals surface area (Å²) in [6.45, 7) is 8.59. The predicted octanol–water partition coefficient (Wildman–Crippen LogP) is 2.18. The largest absolute Gasteiger partial charge is 0.352 e. The standard InChI is InChI=1S/C16H25N5O/c1-5-12(4)21-15-14(9-19-21)13(8-11(3)20-15)16(22)18-7-6-10(2)17/h8-10,12H,5-7,17H2,1-4H3,(H,18,22). The number of nitrogens with zero attached hydrogens (tertiary/aromatic N) is 3. The molecule has 0 saturated carbocycles. The van der Waals surface area contributed by atoms with Gasteiger partial charge in [0.1, 0.15) is 0 Å². The van der Waals surface area contributed by atoms with Gasteiger partial charge in [-0.05, 0) is 39.7 Å². The molecule has 0 fully saturated rings. The summed E-state index contributed by atoms with van der Waals surface area (Å²) >= 11 is 0. The molecule has 2 atom stereocenters. The summed E-state index contributed by atoms with van der Waals surface area (Å²) in [6, 6.07) is 2.14. The highest BCUT2D eigenvalue weighted by molar-refractivity contribution is 6.05. The number of rotatable bonds is 6. The van der Waals surface area contributed by atoms with Gasteiger partial charge in [0.25, 0.3) is 5.91 Å². The highest BCUT2D eigenvalue weighted by atomic mass is 16.1. The second kappa shape index (κ2) is 6.87. The number of aryl methyl sites for hydroxylation is 1. The molecule has 2 unspecified atom stereocenters. The molecule has 0 saturated heterocycles. The van der Waals surface area contributed by atoms with E-state index in [9.17, 15) is 4.79 Å². The van der Waals surface area contributed by atoms with E-state index in [0.717, 1.165) is 29.6 Å². The normalized spacial score (nSPS) is 14.0. The first-order valence-electron chi connectivity index (χ1n) is 7.82. The Kier molecular flexibility index (Phi) is 5.13. The number of hydrogen-bond acceptors (Lipinski definition) is 4. The molecule has 6 nitrogen and oxygen atoms in total. The Morgan fingerprint density at radius 2 is 2.18 bits per heavy atom. The van der Waals surface area contributed by atoms with Crippen LogP contribution in [0, 0.1) is 6.92 Å². The molecule has 2 heterocycles. The van der Waals surface area contributed by atoms with Crippen molar-refractivity contribution in [3.8, 4) is 0 Å². The lowest BCUT2D eigenvalue weighted by Crippen LogP contribution is -2.29. The van der Waals surface area contributed by atoms with Crippen molar-refractivity contribution in [1.29, 1.82) is 0 Å². The van der Waals surface area contributed by atoms with Crippen molar-refractivity contribution in [2.24, 2.45) is 5.73 Å². The van der Waals surface area contributed by atoms with Crippen molar-refractivity contribution in [3.63, 3.8) is 0 Å². The van der Waals surface area contributed by atoms with Crippen LogP contribution in [-0.4, -0.2) is 33.3 Å². The molecule has 2 aromatic rings. The molecular formula is C16H25N5O. The minimum Gasteiger partial charge on any atom is -0.352 e. The zero-order valence-corrected chi connectivity index (χ0v) is 13.8. The van der Waals surface area contributed by atoms with Gasteiger partial charge in [0.2, 0.25) is 0 Å². The van der Waals surface area contributed by atoms with E-state index in [-0.39, 0.29) is 18.0 Å². The summed E-state index contributed by atoms with van der Waals surface area (Å²) < 4.78 is 1.89. The molecule has 0 radical (unpaired) electrons. The van der Waals surface area contributed by atoms with E-state index in [1.807, 2.05) is 24.6 Å². The fourth-order valence-electron chi connectivity index (χ4n) is 2.34. The summed E-state index contributed by atoms with van der Waals surface area (Å²) in [5.41, 5.74) is 7.92. The summed E-state index contributed by atoms with van der Waals surface area (Å²) in [5, 5.41) is 8.13. The Hall–Kier alpha value is -1.95. The summed E-state index contributed by atoms with van der Waals surface area (Å²) in [4.78, 5) is 17.0. The highest BCUT2D eigenvalue weighted by Gasteiger charge is 2.17. The number of pyridine rings is 1. The lowest BCUT2D eigenvalue weighted by Gasteiger charge is -2.12. The number of amides is 1. The van der Waals surface area contributed by atoms with Crippen LogP contribution in [0.2, 0.25) is 0 Å². The van der Waals surface area contributed by atoms with E-state index in [0.29, 0.717) is 12.1 Å². The molecule has 6 heteroatoms. The summed E-state index contributed by atoms with van der Waals surface area (Å²) in [5.74, 6) is -0.0974. The van der Waals surface area contributed by atoms with Crippen LogP contribution in [0.5, 0.6) is 0 Å². The van der Waals surface area contributed by atoms with Crippen molar-refractivity contribution in [2.75, 3.05) is 6.54 Å². The molecule has 22 heavy (non-hydrogen) atoms. The van der Waals surface area contributed by atoms with Crippen LogP contribution in [0.1, 0.15) is 55.7 Å². The van der Waals surface area contributed by atoms with Gasteiger partial charge >= 0.3 is 0 Å². The zero-order valence-electron chi connectivity index (χ0n) is 13.8. The van der Waals surface area contributed by atoms with Crippen LogP contribution in [0.25, 0.3) is 11.0 Å². The lowest BCUT2D eigenvalue weighted by atomic mass is 10.1. The third-order valence-corrected chi connectivity index (χ3v) is 3.83. The van der Waals surface area contributed by atoms with Crippen molar-refractivity contribution in [3.05, 3.63) is 23.5 Å². The molecule has 0 aliphatic heterocycles. The number of aromatic nitrogens is 3. The molecule has 0 aliphatic carbocycles. The fraction of sp³-hybridized carbons (Fsp3) is 0.562. The molecule has 3 N–H and O–H groups in total. The second-order valence-corrected chi connectivity index (χ2v) is 5.92. The topological polar surface area (TPSA) is 85.8 Å². The van der Waals surface area contributed by atoms with Gasteiger partial charge in [-0.25, -0.2) is 9.67 Å². The minimum atomic E-state index is -0.0974. The van der Waals surface area contributed by atoms with Crippen LogP contribution < -0.4 is 11.1 Å². The third-order valence-electron chi connectivity index (χ3n) is 3.83. The molecule has 0 aliphatic rings. The van der Waals surface area contributed by atoms with Gasteiger partial charge in [-0.2, -0.15) is 5.10 Å². The number of fused-ring (bicyclic) bond motifs is 1. The van der Waals surface area contributed by atoms with Gasteiger partial charge in [0.15, 0.2) is 5.65 Å². The van der Waals surface area contributed by atoms with Crippen molar-refractivity contribution >= 4 is 16.9 Å². The van der Waals surface area contributed by atoms with Gasteiger partial charge in [0, 0.05) is 18.3 Å². The maximum Gasteiger partial charge on any atom is 0.252 e. The zero-order chi connectivity index (χ0) is 16.3. The number of hydrogen-bond donors (Lipinski definition) is 2. The van der Waals surface area contributed by atoms with Gasteiger partial charge in [-0.1, -0.05) is 6.92 Å². The van der Waals surface area contributed by atoms with E-state index in [1.165, 1.54) is 0 Å². The molecule has 2 rings (SSSR count). The van der Waals surface area contributed by atoms with Crippen LogP contribution in [0.4, 0.5) is 0 Å². The lowest BCUT2D eigenvalue weighted by molar-refractivity contribution is 0.0954. The Labute approximate surface area is 131 Å². The predicted molar refractivity (Wildman–Crippen MR) is 87.9 cm³/mol. The van der Waals surface area contributed by atoms with E-state index >= 15 is 0 Å². The van der Waals surface area contributed by atoms with E-state index in [4.69, 9.17) is 5.73 Å². The van der Waals surface area contributed by atoms with Crippen LogP contribution in [0.3, 0.4) is 0 Å². The Balaban J connectivity index is 2.33. The molecule has 1 amide bonds. The quantitative estimate of drug-likeness (QED) is 0.856. The molecule has 120 valence electrons. The first kappa shape index (κ1) is 16.4. The van der Waals surface area contributed by atoms with Gasteiger partial charge in [-0.3, -0.25) is 4.79 Å². The first-order chi connectivity index (χ1) is 10.4. The van der Waals surface area contributed by atoms with Crippen molar-refractivity contribution < 1.29 is 4.79 Å². The number of nitrogens with two attached hydrogens (primary N) is 1. The summed E-state index contributed by atoms with van der Waals surface area (Å²) in [7, 11) is 0. The molecule has 2 aromatic heterocycles. The molecular weight excluding hydrogens is 278 g/mol. The van der Waals surface area contributed by atoms with E-state index in [2.05, 4.69) is 29.2 Å². The molecule has 0 aromatic carbocycles. The Bertz CT molecular complexity index is 662. The average molecular weight is 303 g/mol. The number of carbonyl (C=O) groups excluding carboxylic acids is 1. The van der Waals surface area contributed by atoms with Crippen molar-refractivity contribution in [1.82, 2.24) is 20.1 Å². The first-order valence-corrected chi connectivity index (χ1v) is 7.82. The van der Waals surface area contributed by atoms with Gasteiger partial charge < -0.3 is 11.1 Å². The van der Waals surface area contributed by atoms with Gasteiger partial charge in [0.05, 0.1) is 23.2 Å². The Morgan fingerprint density at radius 1 is 1.45 bits per heavy atom. The molecule has 0 bridgehead atoms. The second-order valence-electron chi connectivity index (χ2n) is 5.92. The van der Waals surface area contributed by atoms with Crippen LogP contribution >= 0.6 is 0 Å². The Morgan fingerprint density at radius 3 is 2.82 bits per heavy atom. The van der Waals surface area contributed by atoms with E-state index < -0.39 is 0 Å². The SMILES string of the molecule is CCC(C)n1ncc2c(C(=O)NCCC(C)N)cc(C)nc21. The fourth-order valence-corrected chi connectivity index (χ4v) is 2.34. The highest BCUT2D eigenvalue weighted by Crippen LogP contribution is 2.22. The smallest absolute Gasteiger partial charge is 0.252 e. The minimum absolute atomic E-state index is 0.0765. The molecule has 0 spiro atoms. The maximum atomic E-state index is 12.4. The average Bonchev–Trinajstić information content (AvgIpc) is 2.88. The monoisotopic (exact) mass is 303 g/mol. The van der Waals surface area contributed by atoms with E-state index in [1.54, 1.807) is 6.20 Å². The van der Waals surface area contributed by atoms with Crippen LogP contribution in [-0.2, 0) is 0 Å².